The van der Waals surface area contributed by atoms with Crippen LogP contribution in [0.5, 0.6) is 11.5 Å². The fraction of sp³-hybridized carbons (Fsp3) is 0.125. The van der Waals surface area contributed by atoms with E-state index in [1.165, 1.54) is 44.6 Å². The summed E-state index contributed by atoms with van der Waals surface area (Å²) in [5, 5.41) is 16.8. The summed E-state index contributed by atoms with van der Waals surface area (Å²) in [7, 11) is -1.28. The van der Waals surface area contributed by atoms with Crippen molar-refractivity contribution in [2.75, 3.05) is 19.5 Å². The Hall–Kier alpha value is -3.11. The van der Waals surface area contributed by atoms with Crippen molar-refractivity contribution >= 4 is 27.6 Å². The molecule has 0 atom stereocenters. The number of aromatic carboxylic acids is 1. The molecule has 0 bridgehead atoms. The topological polar surface area (TPSA) is 145 Å². The molecule has 0 spiro atoms. The minimum atomic E-state index is -3.98. The van der Waals surface area contributed by atoms with Gasteiger partial charge in [0.1, 0.15) is 0 Å². The lowest BCUT2D eigenvalue weighted by Crippen LogP contribution is -2.17. The quantitative estimate of drug-likeness (QED) is 0.685. The van der Waals surface area contributed by atoms with Gasteiger partial charge in [-0.2, -0.15) is 0 Å². The number of carboxylic acids is 1. The fourth-order valence-corrected chi connectivity index (χ4v) is 2.73. The first-order valence-electron chi connectivity index (χ1n) is 7.11. The lowest BCUT2D eigenvalue weighted by Gasteiger charge is -2.14. The Bertz CT molecular complexity index is 971. The van der Waals surface area contributed by atoms with Gasteiger partial charge in [0.05, 0.1) is 30.4 Å². The number of anilines is 1. The zero-order valence-electron chi connectivity index (χ0n) is 13.8. The molecule has 2 rings (SSSR count). The van der Waals surface area contributed by atoms with Crippen molar-refractivity contribution in [1.82, 2.24) is 0 Å². The van der Waals surface area contributed by atoms with Gasteiger partial charge in [-0.1, -0.05) is 6.07 Å². The van der Waals surface area contributed by atoms with Crippen LogP contribution in [-0.4, -0.2) is 39.6 Å². The van der Waals surface area contributed by atoms with Crippen molar-refractivity contribution in [2.24, 2.45) is 5.14 Å². The van der Waals surface area contributed by atoms with Crippen LogP contribution in [0.1, 0.15) is 20.7 Å². The zero-order valence-corrected chi connectivity index (χ0v) is 14.7. The van der Waals surface area contributed by atoms with E-state index in [-0.39, 0.29) is 33.2 Å². The average Bonchev–Trinajstić information content (AvgIpc) is 2.60. The van der Waals surface area contributed by atoms with Gasteiger partial charge < -0.3 is 19.9 Å². The highest BCUT2D eigenvalue weighted by atomic mass is 32.2. The van der Waals surface area contributed by atoms with Gasteiger partial charge >= 0.3 is 5.97 Å². The third-order valence-electron chi connectivity index (χ3n) is 3.43. The number of primary sulfonamides is 1. The molecule has 0 heterocycles. The fourth-order valence-electron chi connectivity index (χ4n) is 2.17. The van der Waals surface area contributed by atoms with Crippen LogP contribution in [0.25, 0.3) is 0 Å². The molecule has 2 aromatic carbocycles. The standard InChI is InChI=1S/C16H16N2O7S/c1-24-13-7-11(16(20)21)12(8-14(13)25-2)18-15(19)9-4-3-5-10(6-9)26(17,22)23/h3-8H,1-2H3,(H,18,19)(H,20,21)(H2,17,22,23). The number of ether oxygens (including phenoxy) is 2. The number of nitrogens with one attached hydrogen (secondary N) is 1. The molecule has 0 aliphatic carbocycles. The molecule has 0 radical (unpaired) electrons. The molecule has 0 aliphatic rings. The Labute approximate surface area is 149 Å². The first kappa shape index (κ1) is 19.2. The van der Waals surface area contributed by atoms with Crippen LogP contribution in [0, 0.1) is 0 Å². The smallest absolute Gasteiger partial charge is 0.337 e. The van der Waals surface area contributed by atoms with Gasteiger partial charge in [-0.25, -0.2) is 18.4 Å². The second kappa shape index (κ2) is 7.42. The number of rotatable bonds is 6. The molecule has 138 valence electrons. The highest BCUT2D eigenvalue weighted by Gasteiger charge is 2.19. The number of hydrogen-bond acceptors (Lipinski definition) is 6. The number of sulfonamides is 1. The van der Waals surface area contributed by atoms with E-state index in [9.17, 15) is 23.1 Å². The van der Waals surface area contributed by atoms with Crippen molar-refractivity contribution in [2.45, 2.75) is 4.90 Å². The molecule has 0 saturated carbocycles. The minimum Gasteiger partial charge on any atom is -0.493 e. The van der Waals surface area contributed by atoms with Gasteiger partial charge in [-0.3, -0.25) is 4.79 Å². The van der Waals surface area contributed by atoms with E-state index in [0.29, 0.717) is 0 Å². The largest absolute Gasteiger partial charge is 0.493 e. The Morgan fingerprint density at radius 2 is 1.69 bits per heavy atom. The van der Waals surface area contributed by atoms with E-state index in [0.717, 1.165) is 6.07 Å². The maximum Gasteiger partial charge on any atom is 0.337 e. The molecule has 0 aromatic heterocycles. The first-order chi connectivity index (χ1) is 12.2. The van der Waals surface area contributed by atoms with E-state index in [2.05, 4.69) is 5.32 Å². The maximum absolute atomic E-state index is 12.4. The van der Waals surface area contributed by atoms with Crippen LogP contribution in [0.15, 0.2) is 41.3 Å². The van der Waals surface area contributed by atoms with Crippen LogP contribution >= 0.6 is 0 Å². The second-order valence-corrected chi connectivity index (χ2v) is 6.65. The van der Waals surface area contributed by atoms with Gasteiger partial charge in [0, 0.05) is 17.7 Å². The van der Waals surface area contributed by atoms with Crippen molar-refractivity contribution in [1.29, 1.82) is 0 Å². The predicted octanol–water partition coefficient (Wildman–Crippen LogP) is 1.30. The van der Waals surface area contributed by atoms with Crippen LogP contribution in [-0.2, 0) is 10.0 Å². The number of amides is 1. The van der Waals surface area contributed by atoms with Crippen molar-refractivity contribution in [3.05, 3.63) is 47.5 Å². The molecule has 0 unspecified atom stereocenters. The van der Waals surface area contributed by atoms with Crippen LogP contribution < -0.4 is 19.9 Å². The van der Waals surface area contributed by atoms with E-state index in [4.69, 9.17) is 14.6 Å². The third kappa shape index (κ3) is 4.10. The van der Waals surface area contributed by atoms with Crippen molar-refractivity contribution in [3.8, 4) is 11.5 Å². The summed E-state index contributed by atoms with van der Waals surface area (Å²) in [5.74, 6) is -1.62. The van der Waals surface area contributed by atoms with Crippen molar-refractivity contribution in [3.63, 3.8) is 0 Å². The van der Waals surface area contributed by atoms with Gasteiger partial charge in [0.25, 0.3) is 5.91 Å². The number of benzene rings is 2. The SMILES string of the molecule is COc1cc(NC(=O)c2cccc(S(N)(=O)=O)c2)c(C(=O)O)cc1OC. The van der Waals surface area contributed by atoms with Crippen LogP contribution in [0.4, 0.5) is 5.69 Å². The number of carbonyl (C=O) groups is 2. The zero-order chi connectivity index (χ0) is 19.5. The van der Waals surface area contributed by atoms with Gasteiger partial charge in [-0.05, 0) is 18.2 Å². The van der Waals surface area contributed by atoms with Crippen LogP contribution in [0.3, 0.4) is 0 Å². The molecule has 0 saturated heterocycles. The molecule has 0 fully saturated rings. The monoisotopic (exact) mass is 380 g/mol. The molecule has 9 nitrogen and oxygen atoms in total. The normalized spacial score (nSPS) is 10.9. The van der Waals surface area contributed by atoms with E-state index in [1.807, 2.05) is 0 Å². The molecular formula is C16H16N2O7S. The summed E-state index contributed by atoms with van der Waals surface area (Å²) < 4.78 is 32.9. The Balaban J connectivity index is 2.44. The Kier molecular flexibility index (Phi) is 5.48. The van der Waals surface area contributed by atoms with E-state index < -0.39 is 21.9 Å². The summed E-state index contributed by atoms with van der Waals surface area (Å²) in [6.45, 7) is 0. The Morgan fingerprint density at radius 3 is 2.23 bits per heavy atom. The lowest BCUT2D eigenvalue weighted by atomic mass is 10.1. The van der Waals surface area contributed by atoms with E-state index in [1.54, 1.807) is 0 Å². The van der Waals surface area contributed by atoms with Gasteiger partial charge in [0.2, 0.25) is 10.0 Å². The highest BCUT2D eigenvalue weighted by molar-refractivity contribution is 7.89. The molecular weight excluding hydrogens is 364 g/mol. The number of methoxy groups -OCH3 is 2. The third-order valence-corrected chi connectivity index (χ3v) is 4.34. The van der Waals surface area contributed by atoms with Gasteiger partial charge in [0.15, 0.2) is 11.5 Å². The molecule has 4 N–H and O–H groups in total. The number of hydrogen-bond donors (Lipinski definition) is 3. The summed E-state index contributed by atoms with van der Waals surface area (Å²) >= 11 is 0. The highest BCUT2D eigenvalue weighted by Crippen LogP contribution is 2.33. The predicted molar refractivity (Wildman–Crippen MR) is 92.3 cm³/mol. The summed E-state index contributed by atoms with van der Waals surface area (Å²) in [5.41, 5.74) is -0.276. The van der Waals surface area contributed by atoms with Crippen molar-refractivity contribution < 1.29 is 32.6 Å². The lowest BCUT2D eigenvalue weighted by molar-refractivity contribution is 0.0697. The van der Waals surface area contributed by atoms with E-state index >= 15 is 0 Å². The van der Waals surface area contributed by atoms with Gasteiger partial charge in [-0.15, -0.1) is 0 Å². The molecule has 26 heavy (non-hydrogen) atoms. The second-order valence-electron chi connectivity index (χ2n) is 5.08. The molecule has 10 heteroatoms. The first-order valence-corrected chi connectivity index (χ1v) is 8.65. The average molecular weight is 380 g/mol. The Morgan fingerprint density at radius 1 is 1.08 bits per heavy atom. The minimum absolute atomic E-state index is 0.0114. The summed E-state index contributed by atoms with van der Waals surface area (Å²) in [4.78, 5) is 23.6. The molecule has 2 aromatic rings. The number of carbonyl (C=O) groups excluding carboxylic acids is 1. The number of carboxylic acid groups (broad SMARTS) is 1. The maximum atomic E-state index is 12.4. The summed E-state index contributed by atoms with van der Waals surface area (Å²) in [6.07, 6.45) is 0. The molecule has 0 aliphatic heterocycles. The molecule has 1 amide bonds. The van der Waals surface area contributed by atoms with Crippen LogP contribution in [0.2, 0.25) is 0 Å². The number of nitrogens with two attached hydrogens (primary N) is 1. The summed E-state index contributed by atoms with van der Waals surface area (Å²) in [6, 6.07) is 7.55.